The van der Waals surface area contributed by atoms with Gasteiger partial charge in [-0.1, -0.05) is 13.8 Å². The SMILES string of the molecule is CCC1(CC)CNC1c1ccoc1C. The monoisotopic (exact) mass is 193 g/mol. The first-order valence-electron chi connectivity index (χ1n) is 5.51. The van der Waals surface area contributed by atoms with Gasteiger partial charge in [-0.2, -0.15) is 0 Å². The second-order valence-electron chi connectivity index (χ2n) is 4.32. The highest BCUT2D eigenvalue weighted by atomic mass is 16.3. The Labute approximate surface area is 85.7 Å². The van der Waals surface area contributed by atoms with Gasteiger partial charge in [-0.3, -0.25) is 0 Å². The summed E-state index contributed by atoms with van der Waals surface area (Å²) in [6, 6.07) is 2.61. The highest BCUT2D eigenvalue weighted by Crippen LogP contribution is 2.47. The minimum absolute atomic E-state index is 0.467. The molecule has 1 atom stereocenters. The number of rotatable bonds is 3. The topological polar surface area (TPSA) is 25.2 Å². The molecule has 0 aliphatic carbocycles. The van der Waals surface area contributed by atoms with E-state index in [9.17, 15) is 0 Å². The Morgan fingerprint density at radius 2 is 2.21 bits per heavy atom. The van der Waals surface area contributed by atoms with Crippen LogP contribution in [0.4, 0.5) is 0 Å². The van der Waals surface area contributed by atoms with E-state index in [0.29, 0.717) is 11.5 Å². The minimum Gasteiger partial charge on any atom is -0.469 e. The third-order valence-corrected chi connectivity index (χ3v) is 3.89. The largest absolute Gasteiger partial charge is 0.469 e. The van der Waals surface area contributed by atoms with Crippen molar-refractivity contribution >= 4 is 0 Å². The third kappa shape index (κ3) is 1.21. The van der Waals surface area contributed by atoms with Gasteiger partial charge in [0.2, 0.25) is 0 Å². The van der Waals surface area contributed by atoms with E-state index in [-0.39, 0.29) is 0 Å². The van der Waals surface area contributed by atoms with E-state index in [4.69, 9.17) is 4.42 Å². The molecule has 2 heteroatoms. The Hall–Kier alpha value is -0.760. The molecule has 1 fully saturated rings. The summed E-state index contributed by atoms with van der Waals surface area (Å²) in [5.74, 6) is 1.06. The molecule has 14 heavy (non-hydrogen) atoms. The number of hydrogen-bond acceptors (Lipinski definition) is 2. The Bertz CT molecular complexity index is 306. The smallest absolute Gasteiger partial charge is 0.105 e. The molecule has 0 saturated carbocycles. The van der Waals surface area contributed by atoms with E-state index < -0.39 is 0 Å². The lowest BCUT2D eigenvalue weighted by atomic mass is 9.67. The summed E-state index contributed by atoms with van der Waals surface area (Å²) >= 11 is 0. The van der Waals surface area contributed by atoms with Crippen molar-refractivity contribution in [2.75, 3.05) is 6.54 Å². The molecule has 0 bridgehead atoms. The Balaban J connectivity index is 2.25. The molecule has 1 saturated heterocycles. The molecule has 1 aromatic rings. The van der Waals surface area contributed by atoms with Crippen LogP contribution in [0.2, 0.25) is 0 Å². The summed E-state index contributed by atoms with van der Waals surface area (Å²) in [5.41, 5.74) is 1.81. The third-order valence-electron chi connectivity index (χ3n) is 3.89. The van der Waals surface area contributed by atoms with Gasteiger partial charge in [-0.05, 0) is 25.8 Å². The molecule has 0 radical (unpaired) electrons. The van der Waals surface area contributed by atoms with E-state index in [2.05, 4.69) is 25.2 Å². The molecule has 1 N–H and O–H groups in total. The van der Waals surface area contributed by atoms with Crippen LogP contribution in [0, 0.1) is 12.3 Å². The van der Waals surface area contributed by atoms with Crippen LogP contribution in [-0.2, 0) is 0 Å². The zero-order chi connectivity index (χ0) is 10.2. The van der Waals surface area contributed by atoms with E-state index in [1.165, 1.54) is 18.4 Å². The summed E-state index contributed by atoms with van der Waals surface area (Å²) in [7, 11) is 0. The van der Waals surface area contributed by atoms with Crippen LogP contribution in [0.15, 0.2) is 16.7 Å². The zero-order valence-electron chi connectivity index (χ0n) is 9.26. The molecule has 1 aliphatic heterocycles. The summed E-state index contributed by atoms with van der Waals surface area (Å²) < 4.78 is 5.36. The van der Waals surface area contributed by atoms with Gasteiger partial charge in [-0.25, -0.2) is 0 Å². The normalized spacial score (nSPS) is 24.6. The van der Waals surface area contributed by atoms with Crippen molar-refractivity contribution < 1.29 is 4.42 Å². The summed E-state index contributed by atoms with van der Waals surface area (Å²) in [5, 5.41) is 3.52. The van der Waals surface area contributed by atoms with Gasteiger partial charge in [0.05, 0.1) is 6.26 Å². The summed E-state index contributed by atoms with van der Waals surface area (Å²) in [6.45, 7) is 7.76. The first-order valence-corrected chi connectivity index (χ1v) is 5.51. The molecule has 1 aliphatic rings. The Morgan fingerprint density at radius 3 is 2.57 bits per heavy atom. The van der Waals surface area contributed by atoms with Crippen LogP contribution >= 0.6 is 0 Å². The number of furan rings is 1. The van der Waals surface area contributed by atoms with Crippen LogP contribution in [0.25, 0.3) is 0 Å². The highest BCUT2D eigenvalue weighted by molar-refractivity contribution is 5.26. The number of nitrogens with one attached hydrogen (secondary N) is 1. The second kappa shape index (κ2) is 3.43. The molecular weight excluding hydrogens is 174 g/mol. The van der Waals surface area contributed by atoms with Gasteiger partial charge in [-0.15, -0.1) is 0 Å². The van der Waals surface area contributed by atoms with Gasteiger partial charge in [0.15, 0.2) is 0 Å². The average Bonchev–Trinajstić information content (AvgIpc) is 2.54. The lowest BCUT2D eigenvalue weighted by Gasteiger charge is -2.50. The Kier molecular flexibility index (Phi) is 2.40. The maximum absolute atomic E-state index is 5.36. The van der Waals surface area contributed by atoms with Gasteiger partial charge < -0.3 is 9.73 Å². The van der Waals surface area contributed by atoms with E-state index in [1.807, 2.05) is 6.92 Å². The van der Waals surface area contributed by atoms with Crippen molar-refractivity contribution in [3.05, 3.63) is 23.7 Å². The molecule has 2 nitrogen and oxygen atoms in total. The van der Waals surface area contributed by atoms with Gasteiger partial charge in [0, 0.05) is 23.6 Å². The van der Waals surface area contributed by atoms with Crippen molar-refractivity contribution in [2.24, 2.45) is 5.41 Å². The summed E-state index contributed by atoms with van der Waals surface area (Å²) in [4.78, 5) is 0. The fourth-order valence-corrected chi connectivity index (χ4v) is 2.54. The van der Waals surface area contributed by atoms with Gasteiger partial charge in [0.1, 0.15) is 5.76 Å². The Morgan fingerprint density at radius 1 is 1.50 bits per heavy atom. The molecule has 2 rings (SSSR count). The van der Waals surface area contributed by atoms with Crippen molar-refractivity contribution in [2.45, 2.75) is 39.7 Å². The predicted molar refractivity (Wildman–Crippen MR) is 57.2 cm³/mol. The fourth-order valence-electron chi connectivity index (χ4n) is 2.54. The lowest BCUT2D eigenvalue weighted by Crippen LogP contribution is -2.55. The van der Waals surface area contributed by atoms with Crippen molar-refractivity contribution in [1.82, 2.24) is 5.32 Å². The van der Waals surface area contributed by atoms with Crippen LogP contribution in [0.1, 0.15) is 44.1 Å². The minimum atomic E-state index is 0.467. The van der Waals surface area contributed by atoms with Gasteiger partial charge in [0.25, 0.3) is 0 Å². The maximum Gasteiger partial charge on any atom is 0.105 e. The second-order valence-corrected chi connectivity index (χ2v) is 4.32. The molecule has 78 valence electrons. The van der Waals surface area contributed by atoms with Crippen molar-refractivity contribution in [1.29, 1.82) is 0 Å². The van der Waals surface area contributed by atoms with Crippen molar-refractivity contribution in [3.63, 3.8) is 0 Å². The quantitative estimate of drug-likeness (QED) is 0.798. The number of aryl methyl sites for hydroxylation is 1. The van der Waals surface area contributed by atoms with Crippen LogP contribution in [-0.4, -0.2) is 6.54 Å². The highest BCUT2D eigenvalue weighted by Gasteiger charge is 2.45. The lowest BCUT2D eigenvalue weighted by molar-refractivity contribution is 0.0698. The molecular formula is C12H19NO. The first kappa shape index (κ1) is 9.78. The fraction of sp³-hybridized carbons (Fsp3) is 0.667. The number of hydrogen-bond donors (Lipinski definition) is 1. The molecule has 1 aromatic heterocycles. The van der Waals surface area contributed by atoms with E-state index >= 15 is 0 Å². The summed E-state index contributed by atoms with van der Waals surface area (Å²) in [6.07, 6.45) is 4.28. The van der Waals surface area contributed by atoms with Crippen molar-refractivity contribution in [3.8, 4) is 0 Å². The molecule has 0 spiro atoms. The van der Waals surface area contributed by atoms with Crippen LogP contribution in [0.3, 0.4) is 0 Å². The molecule has 2 heterocycles. The van der Waals surface area contributed by atoms with E-state index in [1.54, 1.807) is 6.26 Å². The maximum atomic E-state index is 5.36. The van der Waals surface area contributed by atoms with Crippen LogP contribution < -0.4 is 5.32 Å². The predicted octanol–water partition coefficient (Wildman–Crippen LogP) is 3.04. The van der Waals surface area contributed by atoms with E-state index in [0.717, 1.165) is 12.3 Å². The zero-order valence-corrected chi connectivity index (χ0v) is 9.26. The standard InChI is InChI=1S/C12H19NO/c1-4-12(5-2)8-13-11(12)10-6-7-14-9(10)3/h6-7,11,13H,4-5,8H2,1-3H3. The average molecular weight is 193 g/mol. The molecule has 1 unspecified atom stereocenters. The van der Waals surface area contributed by atoms with Crippen LogP contribution in [0.5, 0.6) is 0 Å². The first-order chi connectivity index (χ1) is 6.73. The molecule has 0 aromatic carbocycles. The molecule has 0 amide bonds. The van der Waals surface area contributed by atoms with Gasteiger partial charge >= 0.3 is 0 Å².